The van der Waals surface area contributed by atoms with Gasteiger partial charge in [-0.25, -0.2) is 0 Å². The number of Topliss-reactive ketones (excluding diaryl/α,β-unsaturated/α-hetero) is 1. The van der Waals surface area contributed by atoms with Crippen molar-refractivity contribution in [3.05, 3.63) is 71.8 Å². The maximum Gasteiger partial charge on any atom is 0.181 e. The van der Waals surface area contributed by atoms with Crippen molar-refractivity contribution in [1.82, 2.24) is 0 Å². The number of carbonyl (C=O) groups is 1. The van der Waals surface area contributed by atoms with Crippen molar-refractivity contribution >= 4 is 5.78 Å². The minimum atomic E-state index is -1.34. The molecule has 0 radical (unpaired) electrons. The summed E-state index contributed by atoms with van der Waals surface area (Å²) in [5, 5.41) is 11.0. The van der Waals surface area contributed by atoms with Crippen molar-refractivity contribution in [2.24, 2.45) is 11.5 Å². The van der Waals surface area contributed by atoms with Crippen molar-refractivity contribution in [3.63, 3.8) is 0 Å². The molecule has 0 aliphatic heterocycles. The second kappa shape index (κ2) is 6.83. The summed E-state index contributed by atoms with van der Waals surface area (Å²) in [5.74, 6) is -0.268. The lowest BCUT2D eigenvalue weighted by molar-refractivity contribution is -0.00116. The Morgan fingerprint density at radius 1 is 1.05 bits per heavy atom. The molecule has 0 fully saturated rings. The lowest BCUT2D eigenvalue weighted by Gasteiger charge is -2.36. The Bertz CT molecular complexity index is 615. The van der Waals surface area contributed by atoms with E-state index in [-0.39, 0.29) is 5.78 Å². The molecule has 22 heavy (non-hydrogen) atoms. The Balaban J connectivity index is 2.28. The van der Waals surface area contributed by atoms with Gasteiger partial charge in [-0.2, -0.15) is 0 Å². The maximum atomic E-state index is 12.5. The van der Waals surface area contributed by atoms with Gasteiger partial charge in [0.15, 0.2) is 5.78 Å². The van der Waals surface area contributed by atoms with Crippen LogP contribution in [0.15, 0.2) is 60.7 Å². The van der Waals surface area contributed by atoms with Gasteiger partial charge in [0.25, 0.3) is 0 Å². The Labute approximate surface area is 130 Å². The van der Waals surface area contributed by atoms with Crippen LogP contribution in [-0.4, -0.2) is 23.0 Å². The predicted octanol–water partition coefficient (Wildman–Crippen LogP) is 1.82. The summed E-state index contributed by atoms with van der Waals surface area (Å²) in [6.07, 6.45) is 0.369. The van der Waals surface area contributed by atoms with E-state index in [0.717, 1.165) is 0 Å². The molecule has 2 aromatic rings. The second-order valence-electron chi connectivity index (χ2n) is 5.43. The SMILES string of the molecule is CCC(O)(c1ccccc1)C(N)C(N)C(=O)c1ccccc1. The summed E-state index contributed by atoms with van der Waals surface area (Å²) in [5.41, 5.74) is 12.1. The fourth-order valence-electron chi connectivity index (χ4n) is 2.61. The van der Waals surface area contributed by atoms with Gasteiger partial charge in [-0.15, -0.1) is 0 Å². The summed E-state index contributed by atoms with van der Waals surface area (Å²) < 4.78 is 0. The highest BCUT2D eigenvalue weighted by Crippen LogP contribution is 2.29. The molecule has 0 heterocycles. The summed E-state index contributed by atoms with van der Waals surface area (Å²) >= 11 is 0. The van der Waals surface area contributed by atoms with E-state index in [1.807, 2.05) is 31.2 Å². The second-order valence-corrected chi connectivity index (χ2v) is 5.43. The molecule has 0 saturated heterocycles. The van der Waals surface area contributed by atoms with Crippen molar-refractivity contribution in [1.29, 1.82) is 0 Å². The van der Waals surface area contributed by atoms with Crippen LogP contribution in [0.4, 0.5) is 0 Å². The normalized spacial score (nSPS) is 16.5. The number of ketones is 1. The van der Waals surface area contributed by atoms with Gasteiger partial charge in [-0.05, 0) is 12.0 Å². The van der Waals surface area contributed by atoms with Gasteiger partial charge in [0.05, 0.1) is 12.1 Å². The fraction of sp³-hybridized carbons (Fsp3) is 0.278. The van der Waals surface area contributed by atoms with Gasteiger partial charge < -0.3 is 16.6 Å². The smallest absolute Gasteiger partial charge is 0.181 e. The van der Waals surface area contributed by atoms with Crippen LogP contribution in [0.25, 0.3) is 0 Å². The number of benzene rings is 2. The van der Waals surface area contributed by atoms with E-state index < -0.39 is 17.7 Å². The fourth-order valence-corrected chi connectivity index (χ4v) is 2.61. The summed E-state index contributed by atoms with van der Waals surface area (Å²) in [7, 11) is 0. The zero-order chi connectivity index (χ0) is 16.2. The number of nitrogens with two attached hydrogens (primary N) is 2. The minimum Gasteiger partial charge on any atom is -0.383 e. The van der Waals surface area contributed by atoms with Crippen LogP contribution in [-0.2, 0) is 5.60 Å². The molecule has 3 unspecified atom stereocenters. The van der Waals surface area contributed by atoms with Crippen LogP contribution in [0.3, 0.4) is 0 Å². The van der Waals surface area contributed by atoms with Gasteiger partial charge in [0.1, 0.15) is 5.60 Å². The quantitative estimate of drug-likeness (QED) is 0.710. The van der Waals surface area contributed by atoms with E-state index in [1.54, 1.807) is 36.4 Å². The Morgan fingerprint density at radius 3 is 2.05 bits per heavy atom. The van der Waals surface area contributed by atoms with Crippen molar-refractivity contribution in [2.75, 3.05) is 0 Å². The highest BCUT2D eigenvalue weighted by molar-refractivity contribution is 6.00. The molecule has 0 bridgehead atoms. The Morgan fingerprint density at radius 2 is 1.55 bits per heavy atom. The third-order valence-corrected chi connectivity index (χ3v) is 4.11. The molecule has 4 nitrogen and oxygen atoms in total. The molecule has 2 rings (SSSR count). The molecule has 4 heteroatoms. The largest absolute Gasteiger partial charge is 0.383 e. The van der Waals surface area contributed by atoms with Gasteiger partial charge in [-0.3, -0.25) is 4.79 Å². The highest BCUT2D eigenvalue weighted by Gasteiger charge is 2.40. The minimum absolute atomic E-state index is 0.268. The number of hydrogen-bond donors (Lipinski definition) is 3. The first-order chi connectivity index (χ1) is 10.5. The predicted molar refractivity (Wildman–Crippen MR) is 87.4 cm³/mol. The molecule has 5 N–H and O–H groups in total. The molecular weight excluding hydrogens is 276 g/mol. The Kier molecular flexibility index (Phi) is 5.08. The average Bonchev–Trinajstić information content (AvgIpc) is 2.60. The monoisotopic (exact) mass is 298 g/mol. The molecule has 116 valence electrons. The number of aliphatic hydroxyl groups is 1. The summed E-state index contributed by atoms with van der Waals surface area (Å²) in [6.45, 7) is 1.83. The zero-order valence-electron chi connectivity index (χ0n) is 12.6. The number of rotatable bonds is 6. The third-order valence-electron chi connectivity index (χ3n) is 4.11. The van der Waals surface area contributed by atoms with Crippen molar-refractivity contribution in [2.45, 2.75) is 31.0 Å². The maximum absolute atomic E-state index is 12.5. The van der Waals surface area contributed by atoms with E-state index in [2.05, 4.69) is 0 Å². The number of hydrogen-bond acceptors (Lipinski definition) is 4. The lowest BCUT2D eigenvalue weighted by Crippen LogP contribution is -2.58. The van der Waals surface area contributed by atoms with Crippen molar-refractivity contribution in [3.8, 4) is 0 Å². The molecule has 0 aromatic heterocycles. The molecule has 0 aliphatic carbocycles. The van der Waals surface area contributed by atoms with E-state index in [0.29, 0.717) is 17.5 Å². The van der Waals surface area contributed by atoms with E-state index >= 15 is 0 Å². The summed E-state index contributed by atoms with van der Waals surface area (Å²) in [6, 6.07) is 16.0. The van der Waals surface area contributed by atoms with Gasteiger partial charge in [0, 0.05) is 5.56 Å². The van der Waals surface area contributed by atoms with Crippen LogP contribution in [0.1, 0.15) is 29.3 Å². The van der Waals surface area contributed by atoms with Crippen LogP contribution in [0, 0.1) is 0 Å². The Hall–Kier alpha value is -2.01. The van der Waals surface area contributed by atoms with Crippen molar-refractivity contribution < 1.29 is 9.90 Å². The highest BCUT2D eigenvalue weighted by atomic mass is 16.3. The first kappa shape index (κ1) is 16.4. The van der Waals surface area contributed by atoms with Gasteiger partial charge in [-0.1, -0.05) is 67.6 Å². The molecule has 0 spiro atoms. The molecule has 0 amide bonds. The molecular formula is C18H22N2O2. The van der Waals surface area contributed by atoms with E-state index in [1.165, 1.54) is 0 Å². The van der Waals surface area contributed by atoms with E-state index in [4.69, 9.17) is 11.5 Å². The van der Waals surface area contributed by atoms with Crippen LogP contribution >= 0.6 is 0 Å². The first-order valence-electron chi connectivity index (χ1n) is 7.39. The van der Waals surface area contributed by atoms with Crippen LogP contribution in [0.5, 0.6) is 0 Å². The zero-order valence-corrected chi connectivity index (χ0v) is 12.6. The van der Waals surface area contributed by atoms with E-state index in [9.17, 15) is 9.90 Å². The molecule has 0 saturated carbocycles. The first-order valence-corrected chi connectivity index (χ1v) is 7.39. The topological polar surface area (TPSA) is 89.3 Å². The van der Waals surface area contributed by atoms with Crippen LogP contribution < -0.4 is 11.5 Å². The third kappa shape index (κ3) is 3.09. The average molecular weight is 298 g/mol. The molecule has 0 aliphatic rings. The number of carbonyl (C=O) groups excluding carboxylic acids is 1. The van der Waals surface area contributed by atoms with Gasteiger partial charge >= 0.3 is 0 Å². The molecule has 3 atom stereocenters. The standard InChI is InChI=1S/C18H22N2O2/c1-2-18(22,14-11-7-4-8-12-14)17(20)15(19)16(21)13-9-5-3-6-10-13/h3-12,15,17,22H,2,19-20H2,1H3. The molecule has 2 aromatic carbocycles. The van der Waals surface area contributed by atoms with Gasteiger partial charge in [0.2, 0.25) is 0 Å². The van der Waals surface area contributed by atoms with Crippen LogP contribution in [0.2, 0.25) is 0 Å². The summed E-state index contributed by atoms with van der Waals surface area (Å²) in [4.78, 5) is 12.5. The lowest BCUT2D eigenvalue weighted by atomic mass is 9.79.